The molecule has 0 saturated heterocycles. The first-order valence-corrected chi connectivity index (χ1v) is 8.77. The minimum atomic E-state index is -0.427. The van der Waals surface area contributed by atoms with Gasteiger partial charge >= 0.3 is 5.97 Å². The van der Waals surface area contributed by atoms with Crippen molar-refractivity contribution in [3.05, 3.63) is 77.7 Å². The first kappa shape index (κ1) is 19.8. The highest BCUT2D eigenvalue weighted by Crippen LogP contribution is 2.16. The standard InChI is InChI=1S/C21H20N4O4/c1-28-17-8-6-14(7-9-17)11-24-20(26)18-12-23-19(13-22-18)25-16-5-3-4-15(10-16)21(27)29-2/h3-10,12-13H,11H2,1-2H3,(H,23,25)(H,24,26). The summed E-state index contributed by atoms with van der Waals surface area (Å²) >= 11 is 0. The summed E-state index contributed by atoms with van der Waals surface area (Å²) in [6, 6.07) is 14.2. The molecule has 0 atom stereocenters. The molecule has 0 aliphatic heterocycles. The summed E-state index contributed by atoms with van der Waals surface area (Å²) in [5, 5.41) is 5.83. The van der Waals surface area contributed by atoms with E-state index in [1.807, 2.05) is 24.3 Å². The maximum atomic E-state index is 12.3. The molecule has 1 amide bonds. The highest BCUT2D eigenvalue weighted by atomic mass is 16.5. The SMILES string of the molecule is COC(=O)c1cccc(Nc2cnc(C(=O)NCc3ccc(OC)cc3)cn2)c1. The first-order chi connectivity index (χ1) is 14.1. The van der Waals surface area contributed by atoms with Gasteiger partial charge in [-0.15, -0.1) is 0 Å². The second-order valence-electron chi connectivity index (χ2n) is 6.02. The van der Waals surface area contributed by atoms with E-state index in [4.69, 9.17) is 9.47 Å². The summed E-state index contributed by atoms with van der Waals surface area (Å²) in [5.41, 5.74) is 2.21. The number of carbonyl (C=O) groups is 2. The maximum Gasteiger partial charge on any atom is 0.337 e. The zero-order valence-corrected chi connectivity index (χ0v) is 16.0. The van der Waals surface area contributed by atoms with Crippen molar-refractivity contribution in [3.63, 3.8) is 0 Å². The molecule has 3 aromatic rings. The van der Waals surface area contributed by atoms with E-state index in [1.165, 1.54) is 19.5 Å². The van der Waals surface area contributed by atoms with Gasteiger partial charge in [-0.05, 0) is 35.9 Å². The normalized spacial score (nSPS) is 10.1. The zero-order valence-electron chi connectivity index (χ0n) is 16.0. The number of nitrogens with zero attached hydrogens (tertiary/aromatic N) is 2. The van der Waals surface area contributed by atoms with Crippen LogP contribution in [-0.4, -0.2) is 36.1 Å². The Morgan fingerprint density at radius 2 is 1.79 bits per heavy atom. The summed E-state index contributed by atoms with van der Waals surface area (Å²) in [7, 11) is 2.93. The van der Waals surface area contributed by atoms with Crippen molar-refractivity contribution >= 4 is 23.4 Å². The monoisotopic (exact) mass is 392 g/mol. The minimum absolute atomic E-state index is 0.201. The molecule has 8 nitrogen and oxygen atoms in total. The topological polar surface area (TPSA) is 102 Å². The lowest BCUT2D eigenvalue weighted by Crippen LogP contribution is -2.24. The van der Waals surface area contributed by atoms with Crippen LogP contribution in [0.2, 0.25) is 0 Å². The number of benzene rings is 2. The van der Waals surface area contributed by atoms with E-state index in [0.717, 1.165) is 11.3 Å². The van der Waals surface area contributed by atoms with Gasteiger partial charge in [-0.3, -0.25) is 4.79 Å². The van der Waals surface area contributed by atoms with E-state index in [1.54, 1.807) is 31.4 Å². The lowest BCUT2D eigenvalue weighted by molar-refractivity contribution is 0.0600. The zero-order chi connectivity index (χ0) is 20.6. The smallest absolute Gasteiger partial charge is 0.337 e. The predicted octanol–water partition coefficient (Wildman–Crippen LogP) is 2.95. The molecule has 0 unspecified atom stereocenters. The van der Waals surface area contributed by atoms with Crippen LogP contribution >= 0.6 is 0 Å². The number of ether oxygens (including phenoxy) is 2. The minimum Gasteiger partial charge on any atom is -0.497 e. The van der Waals surface area contributed by atoms with E-state index in [9.17, 15) is 9.59 Å². The molecular formula is C21H20N4O4. The summed E-state index contributed by atoms with van der Waals surface area (Å²) in [6.07, 6.45) is 2.84. The molecule has 2 N–H and O–H groups in total. The fraction of sp³-hybridized carbons (Fsp3) is 0.143. The van der Waals surface area contributed by atoms with Crippen LogP contribution in [0.3, 0.4) is 0 Å². The van der Waals surface area contributed by atoms with Gasteiger partial charge in [-0.25, -0.2) is 14.8 Å². The van der Waals surface area contributed by atoms with Gasteiger partial charge in [0.2, 0.25) is 0 Å². The molecule has 2 aromatic carbocycles. The van der Waals surface area contributed by atoms with Crippen molar-refractivity contribution in [2.45, 2.75) is 6.54 Å². The van der Waals surface area contributed by atoms with Crippen LogP contribution in [0.5, 0.6) is 5.75 Å². The van der Waals surface area contributed by atoms with Crippen LogP contribution < -0.4 is 15.4 Å². The summed E-state index contributed by atoms with van der Waals surface area (Å²) in [4.78, 5) is 32.2. The van der Waals surface area contributed by atoms with Crippen LogP contribution in [0.4, 0.5) is 11.5 Å². The number of esters is 1. The Balaban J connectivity index is 1.59. The molecule has 0 bridgehead atoms. The number of hydrogen-bond donors (Lipinski definition) is 2. The van der Waals surface area contributed by atoms with Gasteiger partial charge in [0, 0.05) is 12.2 Å². The van der Waals surface area contributed by atoms with Gasteiger partial charge in [0.25, 0.3) is 5.91 Å². The average molecular weight is 392 g/mol. The molecule has 0 spiro atoms. The second kappa shape index (κ2) is 9.32. The molecule has 0 saturated carbocycles. The maximum absolute atomic E-state index is 12.3. The third kappa shape index (κ3) is 5.29. The second-order valence-corrected chi connectivity index (χ2v) is 6.02. The first-order valence-electron chi connectivity index (χ1n) is 8.77. The van der Waals surface area contributed by atoms with E-state index < -0.39 is 5.97 Å². The molecule has 0 fully saturated rings. The van der Waals surface area contributed by atoms with Crippen molar-refractivity contribution in [1.29, 1.82) is 0 Å². The van der Waals surface area contributed by atoms with Crippen molar-refractivity contribution in [2.75, 3.05) is 19.5 Å². The Kier molecular flexibility index (Phi) is 6.36. The molecule has 0 aliphatic carbocycles. The molecular weight excluding hydrogens is 372 g/mol. The number of anilines is 2. The Morgan fingerprint density at radius 1 is 1.00 bits per heavy atom. The van der Waals surface area contributed by atoms with Gasteiger partial charge < -0.3 is 20.1 Å². The fourth-order valence-electron chi connectivity index (χ4n) is 2.52. The van der Waals surface area contributed by atoms with Gasteiger partial charge in [-0.2, -0.15) is 0 Å². The van der Waals surface area contributed by atoms with Gasteiger partial charge in [0.15, 0.2) is 0 Å². The summed E-state index contributed by atoms with van der Waals surface area (Å²) < 4.78 is 9.81. The summed E-state index contributed by atoms with van der Waals surface area (Å²) in [6.45, 7) is 0.366. The van der Waals surface area contributed by atoms with Crippen molar-refractivity contribution in [3.8, 4) is 5.75 Å². The highest BCUT2D eigenvalue weighted by Gasteiger charge is 2.09. The highest BCUT2D eigenvalue weighted by molar-refractivity contribution is 5.92. The largest absolute Gasteiger partial charge is 0.497 e. The fourth-order valence-corrected chi connectivity index (χ4v) is 2.52. The molecule has 1 heterocycles. The lowest BCUT2D eigenvalue weighted by Gasteiger charge is -2.08. The van der Waals surface area contributed by atoms with Crippen LogP contribution in [0.1, 0.15) is 26.4 Å². The van der Waals surface area contributed by atoms with Crippen molar-refractivity contribution < 1.29 is 19.1 Å². The van der Waals surface area contributed by atoms with Crippen molar-refractivity contribution in [2.24, 2.45) is 0 Å². The molecule has 29 heavy (non-hydrogen) atoms. The lowest BCUT2D eigenvalue weighted by atomic mass is 10.2. The Hall–Kier alpha value is -3.94. The third-order valence-corrected chi connectivity index (χ3v) is 4.05. The Labute approximate surface area is 167 Å². The van der Waals surface area contributed by atoms with Gasteiger partial charge in [0.1, 0.15) is 17.3 Å². The molecule has 3 rings (SSSR count). The number of hydrogen-bond acceptors (Lipinski definition) is 7. The van der Waals surface area contributed by atoms with Gasteiger partial charge in [-0.1, -0.05) is 18.2 Å². The van der Waals surface area contributed by atoms with Crippen LogP contribution in [0, 0.1) is 0 Å². The Morgan fingerprint density at radius 3 is 2.45 bits per heavy atom. The third-order valence-electron chi connectivity index (χ3n) is 4.05. The number of methoxy groups -OCH3 is 2. The average Bonchev–Trinajstić information content (AvgIpc) is 2.78. The van der Waals surface area contributed by atoms with Crippen LogP contribution in [0.25, 0.3) is 0 Å². The number of rotatable bonds is 7. The number of carbonyl (C=O) groups excluding carboxylic acids is 2. The van der Waals surface area contributed by atoms with E-state index in [-0.39, 0.29) is 11.6 Å². The van der Waals surface area contributed by atoms with Gasteiger partial charge in [0.05, 0.1) is 32.2 Å². The van der Waals surface area contributed by atoms with E-state index in [2.05, 4.69) is 20.6 Å². The number of amides is 1. The van der Waals surface area contributed by atoms with Crippen molar-refractivity contribution in [1.82, 2.24) is 15.3 Å². The molecule has 1 aromatic heterocycles. The summed E-state index contributed by atoms with van der Waals surface area (Å²) in [5.74, 6) is 0.445. The molecule has 148 valence electrons. The molecule has 0 aliphatic rings. The van der Waals surface area contributed by atoms with Crippen LogP contribution in [0.15, 0.2) is 60.9 Å². The number of nitrogens with one attached hydrogen (secondary N) is 2. The Bertz CT molecular complexity index is 988. The van der Waals surface area contributed by atoms with Crippen LogP contribution in [-0.2, 0) is 11.3 Å². The molecule has 0 radical (unpaired) electrons. The van der Waals surface area contributed by atoms with E-state index in [0.29, 0.717) is 23.6 Å². The number of aromatic nitrogens is 2. The van der Waals surface area contributed by atoms with E-state index >= 15 is 0 Å². The quantitative estimate of drug-likeness (QED) is 0.596. The predicted molar refractivity (Wildman–Crippen MR) is 107 cm³/mol. The molecule has 8 heteroatoms.